The van der Waals surface area contributed by atoms with Gasteiger partial charge < -0.3 is 10.2 Å². The molecule has 0 rings (SSSR count). The Balaban J connectivity index is -0.00000420. The van der Waals surface area contributed by atoms with E-state index in [1.54, 1.807) is 0 Å². The van der Waals surface area contributed by atoms with E-state index in [0.29, 0.717) is 6.42 Å². The van der Waals surface area contributed by atoms with Crippen molar-refractivity contribution in [2.24, 2.45) is 0 Å². The van der Waals surface area contributed by atoms with Crippen molar-refractivity contribution in [3.63, 3.8) is 0 Å². The summed E-state index contributed by atoms with van der Waals surface area (Å²) in [5.74, 6) is -3.38. The van der Waals surface area contributed by atoms with Crippen molar-refractivity contribution in [1.29, 1.82) is 0 Å². The van der Waals surface area contributed by atoms with Gasteiger partial charge in [-0.2, -0.15) is 8.42 Å². The van der Waals surface area contributed by atoms with Crippen LogP contribution in [-0.4, -0.2) is 39.9 Å². The molecular formula is C22H42Na2O7S+2. The predicted molar refractivity (Wildman–Crippen MR) is 118 cm³/mol. The van der Waals surface area contributed by atoms with Crippen LogP contribution in [0.25, 0.3) is 0 Å². The van der Waals surface area contributed by atoms with Gasteiger partial charge in [0.25, 0.3) is 10.1 Å². The van der Waals surface area contributed by atoms with Gasteiger partial charge >= 0.3 is 71.1 Å². The van der Waals surface area contributed by atoms with Crippen molar-refractivity contribution < 1.29 is 91.9 Å². The van der Waals surface area contributed by atoms with Crippen LogP contribution in [0.4, 0.5) is 0 Å². The molecule has 32 heavy (non-hydrogen) atoms. The summed E-state index contributed by atoms with van der Waals surface area (Å²) in [7, 11) is -5.02. The Hall–Kier alpha value is 0.850. The van der Waals surface area contributed by atoms with Gasteiger partial charge in [0.2, 0.25) is 4.75 Å². The topological polar surface area (TPSA) is 129 Å². The van der Waals surface area contributed by atoms with Crippen molar-refractivity contribution in [2.45, 2.75) is 127 Å². The number of carbonyl (C=O) groups is 2. The molecule has 0 aromatic rings. The summed E-state index contributed by atoms with van der Waals surface area (Å²) >= 11 is 0. The van der Waals surface area contributed by atoms with Crippen LogP contribution >= 0.6 is 0 Å². The minimum Gasteiger partial charge on any atom is -0.481 e. The van der Waals surface area contributed by atoms with E-state index < -0.39 is 39.6 Å². The van der Waals surface area contributed by atoms with E-state index in [2.05, 4.69) is 6.92 Å². The van der Waals surface area contributed by atoms with Gasteiger partial charge in [-0.3, -0.25) is 14.1 Å². The monoisotopic (exact) mass is 496 g/mol. The SMILES string of the molecule is CCCCCCCCCCCCCCCCCCC(CC(=O)O)(C(=O)O)S(=O)(=O)O.[Na+].[Na+]. The second kappa shape index (κ2) is 22.3. The molecule has 3 N–H and O–H groups in total. The van der Waals surface area contributed by atoms with E-state index in [9.17, 15) is 27.7 Å². The third-order valence-electron chi connectivity index (χ3n) is 5.75. The molecule has 178 valence electrons. The van der Waals surface area contributed by atoms with Crippen LogP contribution in [0.2, 0.25) is 0 Å². The zero-order valence-electron chi connectivity index (χ0n) is 20.6. The largest absolute Gasteiger partial charge is 1.00 e. The average Bonchev–Trinajstić information content (AvgIpc) is 2.65. The maximum absolute atomic E-state index is 11.5. The number of hydrogen-bond acceptors (Lipinski definition) is 4. The van der Waals surface area contributed by atoms with Crippen molar-refractivity contribution >= 4 is 22.1 Å². The summed E-state index contributed by atoms with van der Waals surface area (Å²) in [5.41, 5.74) is 0. The maximum atomic E-state index is 11.5. The molecule has 0 aliphatic rings. The smallest absolute Gasteiger partial charge is 0.481 e. The first kappa shape index (κ1) is 37.4. The van der Waals surface area contributed by atoms with Gasteiger partial charge in [-0.15, -0.1) is 0 Å². The Bertz CT molecular complexity index is 585. The van der Waals surface area contributed by atoms with Crippen LogP contribution < -0.4 is 59.1 Å². The number of carboxylic acid groups (broad SMARTS) is 2. The molecule has 7 nitrogen and oxygen atoms in total. The van der Waals surface area contributed by atoms with Crippen molar-refractivity contribution in [3.8, 4) is 0 Å². The molecule has 0 saturated heterocycles. The quantitative estimate of drug-likeness (QED) is 0.114. The molecule has 0 aromatic heterocycles. The Kier molecular flexibility index (Phi) is 26.1. The average molecular weight is 497 g/mol. The summed E-state index contributed by atoms with van der Waals surface area (Å²) in [6.45, 7) is 2.23. The molecule has 0 aliphatic heterocycles. The minimum atomic E-state index is -5.02. The zero-order chi connectivity index (χ0) is 22.9. The van der Waals surface area contributed by atoms with Crippen LogP contribution in [0.3, 0.4) is 0 Å². The van der Waals surface area contributed by atoms with Gasteiger partial charge in [-0.1, -0.05) is 110 Å². The second-order valence-electron chi connectivity index (χ2n) is 8.40. The number of unbranched alkanes of at least 4 members (excludes halogenated alkanes) is 15. The maximum Gasteiger partial charge on any atom is 1.00 e. The molecule has 0 saturated carbocycles. The standard InChI is InChI=1S/C22H42O7S.2Na/c1-2-3-4-5-6-7-8-9-10-11-12-13-14-15-16-17-18-22(21(25)26,19-20(23)24)30(27,28)29;;/h2-19H2,1H3,(H,23,24)(H,25,26)(H,27,28,29);;/q;2*+1. The first-order chi connectivity index (χ1) is 14.2. The molecule has 0 aliphatic carbocycles. The fourth-order valence-corrected chi connectivity index (χ4v) is 4.73. The number of hydrogen-bond donors (Lipinski definition) is 3. The van der Waals surface area contributed by atoms with E-state index in [1.165, 1.54) is 70.6 Å². The number of aliphatic carboxylic acids is 2. The normalized spacial score (nSPS) is 12.9. The first-order valence-corrected chi connectivity index (χ1v) is 13.0. The van der Waals surface area contributed by atoms with Gasteiger partial charge in [0.1, 0.15) is 0 Å². The zero-order valence-corrected chi connectivity index (χ0v) is 25.4. The molecule has 0 fully saturated rings. The Morgan fingerprint density at radius 2 is 0.969 bits per heavy atom. The fourth-order valence-electron chi connectivity index (χ4n) is 3.80. The van der Waals surface area contributed by atoms with Crippen LogP contribution in [0, 0.1) is 0 Å². The molecule has 10 heteroatoms. The van der Waals surface area contributed by atoms with Crippen LogP contribution in [0.1, 0.15) is 122 Å². The third kappa shape index (κ3) is 17.3. The van der Waals surface area contributed by atoms with Crippen LogP contribution in [0.15, 0.2) is 0 Å². The minimum absolute atomic E-state index is 0. The van der Waals surface area contributed by atoms with E-state index in [-0.39, 0.29) is 65.5 Å². The predicted octanol–water partition coefficient (Wildman–Crippen LogP) is -0.168. The molecule has 0 radical (unpaired) electrons. The summed E-state index contributed by atoms with van der Waals surface area (Å²) in [6, 6.07) is 0. The van der Waals surface area contributed by atoms with E-state index in [4.69, 9.17) is 5.11 Å². The summed E-state index contributed by atoms with van der Waals surface area (Å²) < 4.78 is 29.7. The summed E-state index contributed by atoms with van der Waals surface area (Å²) in [4.78, 5) is 22.3. The molecule has 1 atom stereocenters. The Morgan fingerprint density at radius 3 is 1.22 bits per heavy atom. The van der Waals surface area contributed by atoms with Crippen molar-refractivity contribution in [1.82, 2.24) is 0 Å². The summed E-state index contributed by atoms with van der Waals surface area (Å²) in [5, 5.41) is 18.1. The van der Waals surface area contributed by atoms with Crippen LogP contribution in [-0.2, 0) is 19.7 Å². The molecule has 0 heterocycles. The van der Waals surface area contributed by atoms with E-state index >= 15 is 0 Å². The molecule has 0 amide bonds. The van der Waals surface area contributed by atoms with Gasteiger partial charge in [0.05, 0.1) is 6.42 Å². The molecule has 0 aromatic carbocycles. The van der Waals surface area contributed by atoms with Crippen LogP contribution in [0.5, 0.6) is 0 Å². The van der Waals surface area contributed by atoms with Gasteiger partial charge in [-0.05, 0) is 6.42 Å². The van der Waals surface area contributed by atoms with Crippen molar-refractivity contribution in [2.75, 3.05) is 0 Å². The van der Waals surface area contributed by atoms with E-state index in [1.807, 2.05) is 0 Å². The van der Waals surface area contributed by atoms with E-state index in [0.717, 1.165) is 19.3 Å². The first-order valence-electron chi connectivity index (χ1n) is 11.6. The summed E-state index contributed by atoms with van der Waals surface area (Å²) in [6.07, 6.45) is 16.6. The van der Waals surface area contributed by atoms with Gasteiger partial charge in [0.15, 0.2) is 0 Å². The van der Waals surface area contributed by atoms with Crippen molar-refractivity contribution in [3.05, 3.63) is 0 Å². The Morgan fingerprint density at radius 1 is 0.656 bits per heavy atom. The third-order valence-corrected chi connectivity index (χ3v) is 7.27. The molecule has 0 bridgehead atoms. The Labute approximate surface area is 239 Å². The molecule has 1 unspecified atom stereocenters. The van der Waals surface area contributed by atoms with Gasteiger partial charge in [-0.25, -0.2) is 0 Å². The molecule has 0 spiro atoms. The van der Waals surface area contributed by atoms with Gasteiger partial charge in [0, 0.05) is 0 Å². The molecular weight excluding hydrogens is 454 g/mol. The second-order valence-corrected chi connectivity index (χ2v) is 10.1. The number of rotatable bonds is 21. The number of carboxylic acids is 2. The fraction of sp³-hybridized carbons (Fsp3) is 0.909.